The maximum absolute atomic E-state index is 3.77. The standard InChI is InChI=1S/C15H21N/c1-3-14-4-6-15(7-5-14)12-16-10-8-13(2)9-11-16/h3-7,13H,1,8-12H2,2H3. The lowest BCUT2D eigenvalue weighted by Crippen LogP contribution is -2.32. The van der Waals surface area contributed by atoms with E-state index in [4.69, 9.17) is 0 Å². The van der Waals surface area contributed by atoms with Gasteiger partial charge >= 0.3 is 0 Å². The second-order valence-electron chi connectivity index (χ2n) is 4.90. The third kappa shape index (κ3) is 2.96. The lowest BCUT2D eigenvalue weighted by molar-refractivity contribution is 0.185. The summed E-state index contributed by atoms with van der Waals surface area (Å²) in [6.45, 7) is 9.74. The molecule has 1 nitrogen and oxygen atoms in total. The molecule has 0 N–H and O–H groups in total. The predicted octanol–water partition coefficient (Wildman–Crippen LogP) is 3.56. The number of nitrogens with zero attached hydrogens (tertiary/aromatic N) is 1. The molecule has 0 radical (unpaired) electrons. The molecule has 1 aromatic carbocycles. The number of benzene rings is 1. The van der Waals surface area contributed by atoms with Gasteiger partial charge in [-0.3, -0.25) is 4.90 Å². The minimum Gasteiger partial charge on any atom is -0.299 e. The van der Waals surface area contributed by atoms with Crippen LogP contribution in [0.3, 0.4) is 0 Å². The Morgan fingerprint density at radius 2 is 1.88 bits per heavy atom. The summed E-state index contributed by atoms with van der Waals surface area (Å²) in [4.78, 5) is 2.56. The van der Waals surface area contributed by atoms with Crippen LogP contribution < -0.4 is 0 Å². The fourth-order valence-electron chi connectivity index (χ4n) is 2.24. The maximum atomic E-state index is 3.77. The number of piperidine rings is 1. The van der Waals surface area contributed by atoms with Crippen molar-refractivity contribution < 1.29 is 0 Å². The van der Waals surface area contributed by atoms with E-state index in [-0.39, 0.29) is 0 Å². The van der Waals surface area contributed by atoms with Crippen LogP contribution in [-0.2, 0) is 6.54 Å². The van der Waals surface area contributed by atoms with Gasteiger partial charge in [0.05, 0.1) is 0 Å². The van der Waals surface area contributed by atoms with Crippen LogP contribution in [0.4, 0.5) is 0 Å². The summed E-state index contributed by atoms with van der Waals surface area (Å²) in [5.41, 5.74) is 2.62. The molecule has 0 atom stereocenters. The second-order valence-corrected chi connectivity index (χ2v) is 4.90. The highest BCUT2D eigenvalue weighted by molar-refractivity contribution is 5.47. The molecule has 0 aliphatic carbocycles. The first-order valence-corrected chi connectivity index (χ1v) is 6.21. The molecule has 1 aliphatic rings. The van der Waals surface area contributed by atoms with Crippen molar-refractivity contribution in [3.63, 3.8) is 0 Å². The van der Waals surface area contributed by atoms with Crippen molar-refractivity contribution in [2.75, 3.05) is 13.1 Å². The number of rotatable bonds is 3. The zero-order chi connectivity index (χ0) is 11.4. The Bertz CT molecular complexity index is 331. The molecular formula is C15H21N. The van der Waals surface area contributed by atoms with Crippen molar-refractivity contribution in [2.24, 2.45) is 5.92 Å². The van der Waals surface area contributed by atoms with Crippen molar-refractivity contribution >= 4 is 6.08 Å². The molecule has 16 heavy (non-hydrogen) atoms. The first kappa shape index (κ1) is 11.4. The summed E-state index contributed by atoms with van der Waals surface area (Å²) in [5.74, 6) is 0.916. The van der Waals surface area contributed by atoms with Crippen LogP contribution in [-0.4, -0.2) is 18.0 Å². The van der Waals surface area contributed by atoms with E-state index in [1.165, 1.54) is 37.1 Å². The molecular weight excluding hydrogens is 194 g/mol. The van der Waals surface area contributed by atoms with Gasteiger partial charge in [0.2, 0.25) is 0 Å². The van der Waals surface area contributed by atoms with E-state index < -0.39 is 0 Å². The van der Waals surface area contributed by atoms with Gasteiger partial charge in [-0.05, 0) is 43.0 Å². The van der Waals surface area contributed by atoms with Crippen molar-refractivity contribution in [3.8, 4) is 0 Å². The van der Waals surface area contributed by atoms with Crippen LogP contribution >= 0.6 is 0 Å². The van der Waals surface area contributed by atoms with Crippen LogP contribution in [0.15, 0.2) is 30.8 Å². The first-order chi connectivity index (χ1) is 7.78. The van der Waals surface area contributed by atoms with Crippen LogP contribution in [0.2, 0.25) is 0 Å². The Labute approximate surface area is 98.8 Å². The summed E-state index contributed by atoms with van der Waals surface area (Å²) in [5, 5.41) is 0. The molecule has 2 rings (SSSR count). The first-order valence-electron chi connectivity index (χ1n) is 6.21. The molecule has 1 aromatic rings. The number of hydrogen-bond donors (Lipinski definition) is 0. The van der Waals surface area contributed by atoms with Crippen LogP contribution in [0.5, 0.6) is 0 Å². The fourth-order valence-corrected chi connectivity index (χ4v) is 2.24. The van der Waals surface area contributed by atoms with Gasteiger partial charge in [-0.15, -0.1) is 0 Å². The van der Waals surface area contributed by atoms with E-state index >= 15 is 0 Å². The molecule has 0 bridgehead atoms. The number of likely N-dealkylation sites (tertiary alicyclic amines) is 1. The van der Waals surface area contributed by atoms with Crippen molar-refractivity contribution in [1.82, 2.24) is 4.90 Å². The monoisotopic (exact) mass is 215 g/mol. The molecule has 0 unspecified atom stereocenters. The largest absolute Gasteiger partial charge is 0.299 e. The molecule has 0 spiro atoms. The van der Waals surface area contributed by atoms with Crippen LogP contribution in [0.25, 0.3) is 6.08 Å². The molecule has 1 heterocycles. The van der Waals surface area contributed by atoms with Crippen molar-refractivity contribution in [1.29, 1.82) is 0 Å². The van der Waals surface area contributed by atoms with Crippen LogP contribution in [0, 0.1) is 5.92 Å². The van der Waals surface area contributed by atoms with Gasteiger partial charge < -0.3 is 0 Å². The van der Waals surface area contributed by atoms with E-state index in [0.29, 0.717) is 0 Å². The SMILES string of the molecule is C=Cc1ccc(CN2CCC(C)CC2)cc1. The average molecular weight is 215 g/mol. The Balaban J connectivity index is 1.91. The van der Waals surface area contributed by atoms with Gasteiger partial charge in [0.15, 0.2) is 0 Å². The van der Waals surface area contributed by atoms with Gasteiger partial charge in [-0.25, -0.2) is 0 Å². The molecule has 1 heteroatoms. The third-order valence-corrected chi connectivity index (χ3v) is 3.50. The van der Waals surface area contributed by atoms with E-state index in [0.717, 1.165) is 12.5 Å². The minimum absolute atomic E-state index is 0.916. The van der Waals surface area contributed by atoms with Gasteiger partial charge in [-0.1, -0.05) is 43.8 Å². The smallest absolute Gasteiger partial charge is 0.0233 e. The highest BCUT2D eigenvalue weighted by atomic mass is 15.1. The second kappa shape index (κ2) is 5.31. The maximum Gasteiger partial charge on any atom is 0.0233 e. The minimum atomic E-state index is 0.916. The molecule has 1 aliphatic heterocycles. The van der Waals surface area contributed by atoms with Crippen LogP contribution in [0.1, 0.15) is 30.9 Å². The summed E-state index contributed by atoms with van der Waals surface area (Å²) in [7, 11) is 0. The molecule has 86 valence electrons. The topological polar surface area (TPSA) is 3.24 Å². The highest BCUT2D eigenvalue weighted by Crippen LogP contribution is 2.18. The zero-order valence-corrected chi connectivity index (χ0v) is 10.2. The predicted molar refractivity (Wildman–Crippen MR) is 70.2 cm³/mol. The third-order valence-electron chi connectivity index (χ3n) is 3.50. The Morgan fingerprint density at radius 1 is 1.25 bits per heavy atom. The Morgan fingerprint density at radius 3 is 2.44 bits per heavy atom. The van der Waals surface area contributed by atoms with E-state index in [1.807, 2.05) is 6.08 Å². The average Bonchev–Trinajstić information content (AvgIpc) is 2.33. The van der Waals surface area contributed by atoms with Gasteiger partial charge in [-0.2, -0.15) is 0 Å². The van der Waals surface area contributed by atoms with Gasteiger partial charge in [0.25, 0.3) is 0 Å². The molecule has 1 fully saturated rings. The van der Waals surface area contributed by atoms with Crippen molar-refractivity contribution in [3.05, 3.63) is 42.0 Å². The van der Waals surface area contributed by atoms with Gasteiger partial charge in [0.1, 0.15) is 0 Å². The summed E-state index contributed by atoms with van der Waals surface area (Å²) in [6, 6.07) is 8.73. The molecule has 0 aromatic heterocycles. The highest BCUT2D eigenvalue weighted by Gasteiger charge is 2.15. The molecule has 0 amide bonds. The lowest BCUT2D eigenvalue weighted by atomic mass is 9.99. The molecule has 1 saturated heterocycles. The molecule has 0 saturated carbocycles. The fraction of sp³-hybridized carbons (Fsp3) is 0.467. The van der Waals surface area contributed by atoms with E-state index in [2.05, 4.69) is 42.7 Å². The Hall–Kier alpha value is -1.08. The quantitative estimate of drug-likeness (QED) is 0.745. The van der Waals surface area contributed by atoms with E-state index in [9.17, 15) is 0 Å². The zero-order valence-electron chi connectivity index (χ0n) is 10.2. The summed E-state index contributed by atoms with van der Waals surface area (Å²) < 4.78 is 0. The number of hydrogen-bond acceptors (Lipinski definition) is 1. The normalized spacial score (nSPS) is 18.6. The van der Waals surface area contributed by atoms with Gasteiger partial charge in [0, 0.05) is 6.54 Å². The Kier molecular flexibility index (Phi) is 3.79. The van der Waals surface area contributed by atoms with Crippen molar-refractivity contribution in [2.45, 2.75) is 26.3 Å². The lowest BCUT2D eigenvalue weighted by Gasteiger charge is -2.30. The summed E-state index contributed by atoms with van der Waals surface area (Å²) >= 11 is 0. The van der Waals surface area contributed by atoms with E-state index in [1.54, 1.807) is 0 Å². The summed E-state index contributed by atoms with van der Waals surface area (Å²) in [6.07, 6.45) is 4.60.